The molecule has 0 bridgehead atoms. The molecule has 5 heteroatoms. The normalized spacial score (nSPS) is 12.1. The number of carbonyl (C=O) groups is 1. The maximum absolute atomic E-state index is 13.8. The van der Waals surface area contributed by atoms with Crippen LogP contribution >= 0.6 is 15.9 Å². The Morgan fingerprint density at radius 2 is 1.84 bits per heavy atom. The summed E-state index contributed by atoms with van der Waals surface area (Å²) in [4.78, 5) is 13.2. The molecule has 3 nitrogen and oxygen atoms in total. The maximum atomic E-state index is 13.8. The van der Waals surface area contributed by atoms with Gasteiger partial charge < -0.3 is 10.2 Å². The van der Waals surface area contributed by atoms with E-state index in [2.05, 4.69) is 51.6 Å². The van der Waals surface area contributed by atoms with E-state index in [0.717, 1.165) is 11.4 Å². The zero-order chi connectivity index (χ0) is 17.8. The average molecular weight is 402 g/mol. The molecule has 25 heavy (non-hydrogen) atoms. The zero-order valence-corrected chi connectivity index (χ0v) is 15.4. The van der Waals surface area contributed by atoms with Crippen molar-refractivity contribution in [2.75, 3.05) is 18.9 Å². The quantitative estimate of drug-likeness (QED) is 0.674. The van der Waals surface area contributed by atoms with E-state index >= 15 is 0 Å². The van der Waals surface area contributed by atoms with Gasteiger partial charge in [-0.3, -0.25) is 4.79 Å². The summed E-state index contributed by atoms with van der Waals surface area (Å²) in [5, 5.41) is 5.02. The van der Waals surface area contributed by atoms with Crippen molar-refractivity contribution in [3.63, 3.8) is 0 Å². The van der Waals surface area contributed by atoms with Crippen LogP contribution in [0.1, 0.15) is 5.56 Å². The van der Waals surface area contributed by atoms with Crippen LogP contribution in [0.5, 0.6) is 0 Å². The Morgan fingerprint density at radius 1 is 1.08 bits per heavy atom. The first-order chi connectivity index (χ1) is 12.0. The Labute approximate surface area is 154 Å². The number of amides is 1. The molecular formula is C20H19BrFN2O+. The molecule has 0 saturated carbocycles. The highest BCUT2D eigenvalue weighted by Crippen LogP contribution is 2.19. The maximum Gasteiger partial charge on any atom is 0.279 e. The fourth-order valence-electron chi connectivity index (χ4n) is 2.82. The largest absolute Gasteiger partial charge is 0.326 e. The minimum Gasteiger partial charge on any atom is -0.326 e. The highest BCUT2D eigenvalue weighted by atomic mass is 79.9. The van der Waals surface area contributed by atoms with Gasteiger partial charge >= 0.3 is 0 Å². The Bertz CT molecular complexity index is 913. The van der Waals surface area contributed by atoms with Crippen molar-refractivity contribution in [1.82, 2.24) is 0 Å². The second-order valence-corrected chi connectivity index (χ2v) is 7.08. The van der Waals surface area contributed by atoms with Gasteiger partial charge in [0.05, 0.1) is 12.7 Å². The highest BCUT2D eigenvalue weighted by Gasteiger charge is 2.13. The molecule has 1 atom stereocenters. The molecule has 3 aromatic rings. The molecule has 3 rings (SSSR count). The third-order valence-electron chi connectivity index (χ3n) is 3.99. The van der Waals surface area contributed by atoms with Crippen molar-refractivity contribution in [2.24, 2.45) is 0 Å². The number of carbonyl (C=O) groups excluding carboxylic acids is 1. The number of quaternary nitrogens is 1. The first-order valence-corrected chi connectivity index (χ1v) is 8.84. The Hall–Kier alpha value is -2.24. The lowest BCUT2D eigenvalue weighted by atomic mass is 10.1. The van der Waals surface area contributed by atoms with Crippen LogP contribution in [-0.2, 0) is 11.3 Å². The smallest absolute Gasteiger partial charge is 0.279 e. The first kappa shape index (κ1) is 17.6. The molecule has 0 spiro atoms. The molecule has 128 valence electrons. The number of fused-ring (bicyclic) bond motifs is 1. The number of hydrogen-bond donors (Lipinski definition) is 2. The zero-order valence-electron chi connectivity index (χ0n) is 13.9. The van der Waals surface area contributed by atoms with Gasteiger partial charge in [-0.1, -0.05) is 52.3 Å². The van der Waals surface area contributed by atoms with Crippen LogP contribution in [-0.4, -0.2) is 19.5 Å². The van der Waals surface area contributed by atoms with Crippen molar-refractivity contribution in [2.45, 2.75) is 6.54 Å². The fourth-order valence-corrected chi connectivity index (χ4v) is 3.15. The van der Waals surface area contributed by atoms with Crippen molar-refractivity contribution >= 4 is 38.3 Å². The van der Waals surface area contributed by atoms with Gasteiger partial charge in [-0.2, -0.15) is 0 Å². The number of likely N-dealkylation sites (N-methyl/N-ethyl adjacent to an activating group) is 1. The van der Waals surface area contributed by atoms with E-state index in [4.69, 9.17) is 0 Å². The van der Waals surface area contributed by atoms with E-state index in [1.54, 1.807) is 12.1 Å². The van der Waals surface area contributed by atoms with E-state index in [1.807, 2.05) is 19.2 Å². The van der Waals surface area contributed by atoms with Gasteiger partial charge in [-0.25, -0.2) is 4.39 Å². The van der Waals surface area contributed by atoms with Gasteiger partial charge in [0.15, 0.2) is 6.54 Å². The van der Waals surface area contributed by atoms with Crippen molar-refractivity contribution in [1.29, 1.82) is 0 Å². The van der Waals surface area contributed by atoms with Crippen molar-refractivity contribution in [3.05, 3.63) is 76.5 Å². The third-order valence-corrected chi connectivity index (χ3v) is 4.48. The summed E-state index contributed by atoms with van der Waals surface area (Å²) in [7, 11) is 1.95. The summed E-state index contributed by atoms with van der Waals surface area (Å²) in [5.74, 6) is -0.658. The predicted octanol–water partition coefficient (Wildman–Crippen LogP) is 3.39. The standard InChI is InChI=1S/C20H18BrFN2O/c1-24(12-14-6-7-15-4-2-3-5-16(15)10-14)13-20(25)23-19-9-8-17(21)11-18(19)22/h2-11H,12-13H2,1H3,(H,23,25)/p+1. The summed E-state index contributed by atoms with van der Waals surface area (Å²) in [6.07, 6.45) is 0. The topological polar surface area (TPSA) is 33.5 Å². The van der Waals surface area contributed by atoms with Crippen LogP contribution in [0.3, 0.4) is 0 Å². The van der Waals surface area contributed by atoms with E-state index in [9.17, 15) is 9.18 Å². The lowest BCUT2D eigenvalue weighted by molar-refractivity contribution is -0.885. The third kappa shape index (κ3) is 4.65. The molecule has 3 aromatic carbocycles. The van der Waals surface area contributed by atoms with Crippen molar-refractivity contribution < 1.29 is 14.1 Å². The molecule has 0 heterocycles. The predicted molar refractivity (Wildman–Crippen MR) is 102 cm³/mol. The lowest BCUT2D eigenvalue weighted by Gasteiger charge is -2.14. The van der Waals surface area contributed by atoms with Gasteiger partial charge in [-0.05, 0) is 35.0 Å². The van der Waals surface area contributed by atoms with Crippen LogP contribution in [0.4, 0.5) is 10.1 Å². The molecule has 2 N–H and O–H groups in total. The van der Waals surface area contributed by atoms with Gasteiger partial charge in [0.25, 0.3) is 5.91 Å². The molecule has 0 aromatic heterocycles. The second kappa shape index (κ2) is 7.76. The van der Waals surface area contributed by atoms with Gasteiger partial charge in [0.1, 0.15) is 12.4 Å². The van der Waals surface area contributed by atoms with Crippen LogP contribution in [0, 0.1) is 5.82 Å². The number of anilines is 1. The minimum atomic E-state index is -0.449. The van der Waals surface area contributed by atoms with E-state index in [1.165, 1.54) is 22.4 Å². The summed E-state index contributed by atoms with van der Waals surface area (Å²) < 4.78 is 14.4. The number of benzene rings is 3. The molecule has 0 radical (unpaired) electrons. The molecule has 0 aliphatic rings. The molecular weight excluding hydrogens is 383 g/mol. The van der Waals surface area contributed by atoms with Gasteiger partial charge in [0, 0.05) is 10.0 Å². The van der Waals surface area contributed by atoms with Gasteiger partial charge in [-0.15, -0.1) is 0 Å². The van der Waals surface area contributed by atoms with E-state index in [0.29, 0.717) is 4.47 Å². The molecule has 0 saturated heterocycles. The summed E-state index contributed by atoms with van der Waals surface area (Å²) in [6, 6.07) is 19.1. The van der Waals surface area contributed by atoms with Crippen LogP contribution < -0.4 is 10.2 Å². The SMILES string of the molecule is C[NH+](CC(=O)Nc1ccc(Br)cc1F)Cc1ccc2ccccc2c1. The fraction of sp³-hybridized carbons (Fsp3) is 0.150. The van der Waals surface area contributed by atoms with E-state index < -0.39 is 5.82 Å². The average Bonchev–Trinajstić information content (AvgIpc) is 2.57. The number of nitrogens with one attached hydrogen (secondary N) is 2. The van der Waals surface area contributed by atoms with Gasteiger partial charge in [0.2, 0.25) is 0 Å². The summed E-state index contributed by atoms with van der Waals surface area (Å²) >= 11 is 3.20. The minimum absolute atomic E-state index is 0.201. The van der Waals surface area contributed by atoms with Crippen LogP contribution in [0.15, 0.2) is 65.1 Å². The number of halogens is 2. The van der Waals surface area contributed by atoms with Crippen LogP contribution in [0.25, 0.3) is 10.8 Å². The van der Waals surface area contributed by atoms with Crippen molar-refractivity contribution in [3.8, 4) is 0 Å². The molecule has 0 aliphatic heterocycles. The molecule has 0 fully saturated rings. The molecule has 1 unspecified atom stereocenters. The lowest BCUT2D eigenvalue weighted by Crippen LogP contribution is -3.08. The Morgan fingerprint density at radius 3 is 2.60 bits per heavy atom. The Kier molecular flexibility index (Phi) is 5.46. The number of hydrogen-bond acceptors (Lipinski definition) is 1. The number of rotatable bonds is 5. The summed E-state index contributed by atoms with van der Waals surface area (Å²) in [5.41, 5.74) is 1.37. The Balaban J connectivity index is 1.60. The second-order valence-electron chi connectivity index (χ2n) is 6.16. The summed E-state index contributed by atoms with van der Waals surface area (Å²) in [6.45, 7) is 0.989. The first-order valence-electron chi connectivity index (χ1n) is 8.05. The highest BCUT2D eigenvalue weighted by molar-refractivity contribution is 9.10. The molecule has 1 amide bonds. The van der Waals surface area contributed by atoms with E-state index in [-0.39, 0.29) is 18.1 Å². The molecule has 0 aliphatic carbocycles. The van der Waals surface area contributed by atoms with Crippen LogP contribution in [0.2, 0.25) is 0 Å². The monoisotopic (exact) mass is 401 g/mol.